The number of ether oxygens (including phenoxy) is 1. The van der Waals surface area contributed by atoms with Gasteiger partial charge in [-0.15, -0.1) is 0 Å². The molecule has 27 heavy (non-hydrogen) atoms. The molecule has 0 saturated carbocycles. The van der Waals surface area contributed by atoms with E-state index in [1.807, 2.05) is 6.92 Å². The molecule has 1 aliphatic rings. The normalized spacial score (nSPS) is 24.7. The molecule has 3 rings (SSSR count). The van der Waals surface area contributed by atoms with Crippen LogP contribution in [0.2, 0.25) is 0 Å². The molecule has 0 spiro atoms. The highest BCUT2D eigenvalue weighted by Gasteiger charge is 2.42. The van der Waals surface area contributed by atoms with Gasteiger partial charge in [0, 0.05) is 0 Å². The minimum absolute atomic E-state index is 0.0552. The molecule has 0 amide bonds. The molecule has 1 saturated heterocycles. The van der Waals surface area contributed by atoms with Crippen LogP contribution in [-0.4, -0.2) is 69.3 Å². The van der Waals surface area contributed by atoms with Crippen LogP contribution in [0.4, 0.5) is 5.95 Å². The Morgan fingerprint density at radius 1 is 1.33 bits per heavy atom. The molecule has 10 N–H and O–H groups in total. The number of hydrogen-bond donors (Lipinski definition) is 8. The summed E-state index contributed by atoms with van der Waals surface area (Å²) in [7, 11) is -4.64. The number of rotatable bonds is 1. The maximum atomic E-state index is 11.6. The molecule has 0 bridgehead atoms. The molecular weight excluding hydrogens is 387 g/mol. The summed E-state index contributed by atoms with van der Waals surface area (Å²) in [5.41, 5.74) is 10.2. The fraction of sp³-hybridized carbons (Fsp3) is 0.583. The molecule has 4 atom stereocenters. The van der Waals surface area contributed by atoms with Gasteiger partial charge in [-0.25, -0.2) is 9.55 Å². The topological polar surface area (TPSA) is 243 Å². The summed E-state index contributed by atoms with van der Waals surface area (Å²) in [5.74, 6) is -0.0552. The van der Waals surface area contributed by atoms with Gasteiger partial charge in [0.05, 0.1) is 12.4 Å². The Kier molecular flexibility index (Phi) is 8.01. The fourth-order valence-electron chi connectivity index (χ4n) is 2.19. The highest BCUT2D eigenvalue weighted by atomic mass is 31.2. The van der Waals surface area contributed by atoms with Crippen LogP contribution in [0.15, 0.2) is 11.1 Å². The van der Waals surface area contributed by atoms with Gasteiger partial charge in [0.1, 0.15) is 12.2 Å². The van der Waals surface area contributed by atoms with Crippen LogP contribution >= 0.6 is 7.82 Å². The smallest absolute Gasteiger partial charge is 0.388 e. The van der Waals surface area contributed by atoms with Crippen LogP contribution in [0.1, 0.15) is 20.1 Å². The number of nitrogens with one attached hydrogen (secondary N) is 1. The fourth-order valence-corrected chi connectivity index (χ4v) is 2.19. The number of H-pyrrole nitrogens is 1. The lowest BCUT2D eigenvalue weighted by Gasteiger charge is -2.16. The van der Waals surface area contributed by atoms with E-state index >= 15 is 0 Å². The summed E-state index contributed by atoms with van der Waals surface area (Å²) in [6.45, 7) is 4.29. The lowest BCUT2D eigenvalue weighted by Crippen LogP contribution is -2.30. The minimum atomic E-state index is -4.64. The van der Waals surface area contributed by atoms with Crippen molar-refractivity contribution < 1.29 is 34.2 Å². The van der Waals surface area contributed by atoms with Gasteiger partial charge >= 0.3 is 7.82 Å². The number of anilines is 1. The van der Waals surface area contributed by atoms with Crippen LogP contribution in [0.25, 0.3) is 11.2 Å². The summed E-state index contributed by atoms with van der Waals surface area (Å²) in [6.07, 6.45) is -2.21. The van der Waals surface area contributed by atoms with Gasteiger partial charge in [-0.2, -0.15) is 4.98 Å². The van der Waals surface area contributed by atoms with Crippen molar-refractivity contribution in [2.24, 2.45) is 5.73 Å². The monoisotopic (exact) mass is 410 g/mol. The third-order valence-electron chi connectivity index (χ3n) is 3.20. The summed E-state index contributed by atoms with van der Waals surface area (Å²) >= 11 is 0. The third kappa shape index (κ3) is 6.34. The van der Waals surface area contributed by atoms with Crippen LogP contribution in [-0.2, 0) is 9.30 Å². The predicted octanol–water partition coefficient (Wildman–Crippen LogP) is -2.62. The molecule has 3 heterocycles. The zero-order valence-corrected chi connectivity index (χ0v) is 15.4. The number of imidazole rings is 1. The number of aromatic amines is 1. The SMILES string of the molecule is CCN.C[C@H]1O[C@@H](n2cnc3c(=O)[nH]c(N)nc32)[C@H](O)[C@H]1O.O=P(O)(O)O. The first-order valence-corrected chi connectivity index (χ1v) is 9.19. The highest BCUT2D eigenvalue weighted by molar-refractivity contribution is 7.45. The Bertz CT molecular complexity index is 842. The van der Waals surface area contributed by atoms with Crippen molar-refractivity contribution in [1.82, 2.24) is 19.5 Å². The van der Waals surface area contributed by atoms with E-state index in [0.29, 0.717) is 0 Å². The molecule has 2 aromatic rings. The molecule has 0 aromatic carbocycles. The zero-order chi connectivity index (χ0) is 20.9. The van der Waals surface area contributed by atoms with Crippen molar-refractivity contribution in [1.29, 1.82) is 0 Å². The van der Waals surface area contributed by atoms with Crippen molar-refractivity contribution in [2.45, 2.75) is 38.4 Å². The molecule has 15 heteroatoms. The molecule has 0 unspecified atom stereocenters. The van der Waals surface area contributed by atoms with Crippen molar-refractivity contribution in [3.63, 3.8) is 0 Å². The molecule has 1 aliphatic heterocycles. The van der Waals surface area contributed by atoms with E-state index in [0.717, 1.165) is 6.54 Å². The van der Waals surface area contributed by atoms with Crippen molar-refractivity contribution >= 4 is 24.9 Å². The van der Waals surface area contributed by atoms with Crippen LogP contribution < -0.4 is 17.0 Å². The van der Waals surface area contributed by atoms with E-state index in [4.69, 9.17) is 35.4 Å². The first-order valence-electron chi connectivity index (χ1n) is 7.62. The van der Waals surface area contributed by atoms with Crippen LogP contribution in [0.3, 0.4) is 0 Å². The summed E-state index contributed by atoms with van der Waals surface area (Å²) in [6, 6.07) is 0. The Hall–Kier alpha value is -1.90. The number of aromatic nitrogens is 4. The van der Waals surface area contributed by atoms with Gasteiger partial charge in [-0.1, -0.05) is 6.92 Å². The highest BCUT2D eigenvalue weighted by Crippen LogP contribution is 2.30. The number of hydrogen-bond acceptors (Lipinski definition) is 9. The van der Waals surface area contributed by atoms with Gasteiger partial charge in [0.15, 0.2) is 17.4 Å². The van der Waals surface area contributed by atoms with Crippen LogP contribution in [0, 0.1) is 0 Å². The predicted molar refractivity (Wildman–Crippen MR) is 93.2 cm³/mol. The lowest BCUT2D eigenvalue weighted by atomic mass is 10.1. The number of nitrogens with zero attached hydrogens (tertiary/aromatic N) is 3. The second kappa shape index (κ2) is 9.34. The average molecular weight is 410 g/mol. The number of aliphatic hydroxyl groups is 2. The molecule has 154 valence electrons. The number of phosphoric acid groups is 1. The number of nitrogen functional groups attached to an aromatic ring is 1. The number of nitrogens with two attached hydrogens (primary N) is 2. The number of fused-ring (bicyclic) bond motifs is 1. The first-order chi connectivity index (χ1) is 12.4. The molecule has 2 aromatic heterocycles. The number of aliphatic hydroxyl groups excluding tert-OH is 2. The second-order valence-corrected chi connectivity index (χ2v) is 6.44. The van der Waals surface area contributed by atoms with Crippen molar-refractivity contribution in [3.8, 4) is 0 Å². The van der Waals surface area contributed by atoms with Crippen LogP contribution in [0.5, 0.6) is 0 Å². The lowest BCUT2D eigenvalue weighted by molar-refractivity contribution is -0.0299. The maximum Gasteiger partial charge on any atom is 0.466 e. The summed E-state index contributed by atoms with van der Waals surface area (Å²) in [5, 5.41) is 19.6. The van der Waals surface area contributed by atoms with Crippen molar-refractivity contribution in [3.05, 3.63) is 16.7 Å². The van der Waals surface area contributed by atoms with Crippen molar-refractivity contribution in [2.75, 3.05) is 12.3 Å². The summed E-state index contributed by atoms with van der Waals surface area (Å²) in [4.78, 5) is 43.4. The van der Waals surface area contributed by atoms with E-state index < -0.39 is 37.9 Å². The first kappa shape index (κ1) is 23.1. The Balaban J connectivity index is 0.000000390. The summed E-state index contributed by atoms with van der Waals surface area (Å²) < 4.78 is 15.7. The van der Waals surface area contributed by atoms with E-state index in [1.165, 1.54) is 10.9 Å². The average Bonchev–Trinajstić information content (AvgIpc) is 3.03. The standard InChI is InChI=1S/C10H13N5O4.C2H7N.H3O4P/c1-3-5(16)6(17)9(19-3)15-2-12-4-7(15)13-10(11)14-8(4)18;1-2-3;1-5(2,3)4/h2-3,5-6,9,16-17H,1H3,(H3,11,13,14,18);2-3H2,1H3;(H3,1,2,3,4)/t3-,5+,6-,9-;;/m1../s1. The Labute approximate surface area is 152 Å². The van der Waals surface area contributed by atoms with E-state index in [1.54, 1.807) is 6.92 Å². The molecule has 0 aliphatic carbocycles. The molecular formula is C12H23N6O8P. The molecule has 1 fully saturated rings. The largest absolute Gasteiger partial charge is 0.466 e. The quantitative estimate of drug-likeness (QED) is 0.225. The van der Waals surface area contributed by atoms with Gasteiger partial charge < -0.3 is 41.1 Å². The third-order valence-corrected chi connectivity index (χ3v) is 3.20. The van der Waals surface area contributed by atoms with Gasteiger partial charge in [-0.3, -0.25) is 14.3 Å². The zero-order valence-electron chi connectivity index (χ0n) is 14.5. The Morgan fingerprint density at radius 2 is 1.85 bits per heavy atom. The second-order valence-electron chi connectivity index (χ2n) is 5.41. The van der Waals surface area contributed by atoms with E-state index in [-0.39, 0.29) is 17.1 Å². The van der Waals surface area contributed by atoms with Gasteiger partial charge in [-0.05, 0) is 13.5 Å². The minimum Gasteiger partial charge on any atom is -0.388 e. The Morgan fingerprint density at radius 3 is 2.30 bits per heavy atom. The van der Waals surface area contributed by atoms with E-state index in [2.05, 4.69) is 15.0 Å². The van der Waals surface area contributed by atoms with Gasteiger partial charge in [0.25, 0.3) is 5.56 Å². The van der Waals surface area contributed by atoms with E-state index in [9.17, 15) is 15.0 Å². The molecule has 0 radical (unpaired) electrons. The van der Waals surface area contributed by atoms with Gasteiger partial charge in [0.2, 0.25) is 5.95 Å². The maximum absolute atomic E-state index is 11.6. The molecule has 14 nitrogen and oxygen atoms in total.